The van der Waals surface area contributed by atoms with Gasteiger partial charge in [-0.2, -0.15) is 5.10 Å². The number of carbonyl (C=O) groups is 1. The normalized spacial score (nSPS) is 16.5. The van der Waals surface area contributed by atoms with Crippen molar-refractivity contribution in [2.45, 2.75) is 18.9 Å². The average Bonchev–Trinajstić information content (AvgIpc) is 3.35. The molecule has 7 nitrogen and oxygen atoms in total. The number of methoxy groups -OCH3 is 1. The Morgan fingerprint density at radius 3 is 2.97 bits per heavy atom. The summed E-state index contributed by atoms with van der Waals surface area (Å²) in [6.45, 7) is 1.61. The van der Waals surface area contributed by atoms with Crippen molar-refractivity contribution in [2.24, 2.45) is 0 Å². The summed E-state index contributed by atoms with van der Waals surface area (Å²) in [5.74, 6) is -0.698. The van der Waals surface area contributed by atoms with E-state index in [1.54, 1.807) is 23.9 Å². The van der Waals surface area contributed by atoms with Crippen molar-refractivity contribution in [1.82, 2.24) is 9.61 Å². The van der Waals surface area contributed by atoms with Gasteiger partial charge in [0, 0.05) is 31.1 Å². The van der Waals surface area contributed by atoms with E-state index in [4.69, 9.17) is 9.47 Å². The van der Waals surface area contributed by atoms with Crippen molar-refractivity contribution in [3.8, 4) is 5.75 Å². The predicted molar refractivity (Wildman–Crippen MR) is 105 cm³/mol. The number of nitrogens with zero attached hydrogens (tertiary/aromatic N) is 3. The number of hydrogen-bond acceptors (Lipinski definition) is 5. The maximum atomic E-state index is 14.1. The monoisotopic (exact) mass is 399 g/mol. The summed E-state index contributed by atoms with van der Waals surface area (Å²) in [5, 5.41) is 13.5. The van der Waals surface area contributed by atoms with Crippen molar-refractivity contribution in [3.05, 3.63) is 59.7 Å². The summed E-state index contributed by atoms with van der Waals surface area (Å²) in [4.78, 5) is 13.6. The molecule has 0 radical (unpaired) electrons. The molecule has 3 heterocycles. The van der Waals surface area contributed by atoms with Crippen LogP contribution in [0.3, 0.4) is 0 Å². The van der Waals surface area contributed by atoms with Gasteiger partial charge >= 0.3 is 5.97 Å². The number of benzene rings is 1. The third kappa shape index (κ3) is 3.75. The maximum Gasteiger partial charge on any atom is 0.339 e. The Labute approximate surface area is 167 Å². The van der Waals surface area contributed by atoms with E-state index in [0.717, 1.165) is 30.6 Å². The molecular formula is C21H22FN3O4. The molecule has 1 fully saturated rings. The van der Waals surface area contributed by atoms with Gasteiger partial charge in [-0.3, -0.25) is 0 Å². The number of ether oxygens (including phenoxy) is 2. The highest BCUT2D eigenvalue weighted by molar-refractivity contribution is 5.95. The smallest absolute Gasteiger partial charge is 0.339 e. The Kier molecular flexibility index (Phi) is 5.35. The van der Waals surface area contributed by atoms with Gasteiger partial charge in [0.15, 0.2) is 0 Å². The molecule has 3 aromatic rings. The van der Waals surface area contributed by atoms with Gasteiger partial charge in [0.05, 0.1) is 24.4 Å². The number of rotatable bonds is 7. The zero-order chi connectivity index (χ0) is 20.4. The van der Waals surface area contributed by atoms with Crippen molar-refractivity contribution in [2.75, 3.05) is 31.8 Å². The summed E-state index contributed by atoms with van der Waals surface area (Å²) >= 11 is 0. The van der Waals surface area contributed by atoms with E-state index in [2.05, 4.69) is 10.00 Å². The van der Waals surface area contributed by atoms with Gasteiger partial charge in [0.25, 0.3) is 0 Å². The minimum Gasteiger partial charge on any atom is -0.491 e. The zero-order valence-corrected chi connectivity index (χ0v) is 16.0. The SMILES string of the molecule is COCCOc1ccc(F)cc1[C@H]1CCCN1c1ccn2ncc(C(=O)O)c2c1. The summed E-state index contributed by atoms with van der Waals surface area (Å²) in [6, 6.07) is 8.21. The van der Waals surface area contributed by atoms with Crippen molar-refractivity contribution in [1.29, 1.82) is 0 Å². The Balaban J connectivity index is 1.70. The first kappa shape index (κ1) is 19.2. The molecular weight excluding hydrogens is 377 g/mol. The van der Waals surface area contributed by atoms with Gasteiger partial charge in [0.2, 0.25) is 0 Å². The van der Waals surface area contributed by atoms with Crippen LogP contribution < -0.4 is 9.64 Å². The van der Waals surface area contributed by atoms with Crippen molar-refractivity contribution < 1.29 is 23.8 Å². The molecule has 1 N–H and O–H groups in total. The van der Waals surface area contributed by atoms with Gasteiger partial charge in [-0.1, -0.05) is 0 Å². The van der Waals surface area contributed by atoms with Gasteiger partial charge in [0.1, 0.15) is 23.7 Å². The van der Waals surface area contributed by atoms with Crippen LogP contribution in [0.2, 0.25) is 0 Å². The van der Waals surface area contributed by atoms with E-state index in [-0.39, 0.29) is 17.4 Å². The summed E-state index contributed by atoms with van der Waals surface area (Å²) < 4.78 is 26.5. The third-order valence-corrected chi connectivity index (χ3v) is 5.20. The van der Waals surface area contributed by atoms with Crippen LogP contribution in [0.25, 0.3) is 5.52 Å². The van der Waals surface area contributed by atoms with Crippen LogP contribution in [0, 0.1) is 5.82 Å². The molecule has 0 amide bonds. The number of carboxylic acid groups (broad SMARTS) is 1. The van der Waals surface area contributed by atoms with E-state index in [9.17, 15) is 14.3 Å². The molecule has 0 unspecified atom stereocenters. The molecule has 4 rings (SSSR count). The molecule has 0 spiro atoms. The number of hydrogen-bond donors (Lipinski definition) is 1. The Bertz CT molecular complexity index is 1040. The predicted octanol–water partition coefficient (Wildman–Crippen LogP) is 3.54. The Hall–Kier alpha value is -3.13. The van der Waals surface area contributed by atoms with Crippen LogP contribution in [-0.2, 0) is 4.74 Å². The number of pyridine rings is 1. The molecule has 1 aliphatic rings. The fourth-order valence-electron chi connectivity index (χ4n) is 3.86. The molecule has 0 saturated carbocycles. The number of aromatic nitrogens is 2. The maximum absolute atomic E-state index is 14.1. The highest BCUT2D eigenvalue weighted by Crippen LogP contribution is 2.40. The number of aromatic carboxylic acids is 1. The van der Waals surface area contributed by atoms with Gasteiger partial charge in [-0.25, -0.2) is 13.7 Å². The van der Waals surface area contributed by atoms with Crippen LogP contribution in [0.4, 0.5) is 10.1 Å². The molecule has 1 saturated heterocycles. The third-order valence-electron chi connectivity index (χ3n) is 5.20. The second-order valence-electron chi connectivity index (χ2n) is 6.95. The quantitative estimate of drug-likeness (QED) is 0.613. The van der Waals surface area contributed by atoms with Crippen LogP contribution in [0.15, 0.2) is 42.7 Å². The van der Waals surface area contributed by atoms with Crippen LogP contribution in [0.1, 0.15) is 34.8 Å². The highest BCUT2D eigenvalue weighted by Gasteiger charge is 2.29. The van der Waals surface area contributed by atoms with Gasteiger partial charge in [-0.15, -0.1) is 0 Å². The van der Waals surface area contributed by atoms with Crippen LogP contribution in [0.5, 0.6) is 5.75 Å². The first-order chi connectivity index (χ1) is 14.1. The fourth-order valence-corrected chi connectivity index (χ4v) is 3.86. The first-order valence-corrected chi connectivity index (χ1v) is 9.47. The molecule has 152 valence electrons. The number of fused-ring (bicyclic) bond motifs is 1. The van der Waals surface area contributed by atoms with E-state index in [0.29, 0.717) is 24.5 Å². The topological polar surface area (TPSA) is 76.3 Å². The van der Waals surface area contributed by atoms with Gasteiger partial charge in [-0.05, 0) is 43.2 Å². The minimum atomic E-state index is -1.02. The van der Waals surface area contributed by atoms with E-state index < -0.39 is 5.97 Å². The number of carboxylic acids is 1. The average molecular weight is 399 g/mol. The van der Waals surface area contributed by atoms with E-state index in [1.165, 1.54) is 18.3 Å². The molecule has 1 atom stereocenters. The van der Waals surface area contributed by atoms with Gasteiger partial charge < -0.3 is 19.5 Å². The lowest BCUT2D eigenvalue weighted by Crippen LogP contribution is -2.23. The standard InChI is InChI=1S/C21H22FN3O4/c1-28-9-10-29-20-5-4-14(22)11-16(20)18-3-2-7-24(18)15-6-8-25-19(12-15)17(13-23-25)21(26)27/h4-6,8,11-13,18H,2-3,7,9-10H2,1H3,(H,26,27)/t18-/m1/s1. The first-order valence-electron chi connectivity index (χ1n) is 9.47. The molecule has 0 bridgehead atoms. The second-order valence-corrected chi connectivity index (χ2v) is 6.95. The van der Waals surface area contributed by atoms with Crippen molar-refractivity contribution in [3.63, 3.8) is 0 Å². The fraction of sp³-hybridized carbons (Fsp3) is 0.333. The Morgan fingerprint density at radius 2 is 2.17 bits per heavy atom. The Morgan fingerprint density at radius 1 is 1.31 bits per heavy atom. The molecule has 2 aromatic heterocycles. The number of anilines is 1. The summed E-state index contributed by atoms with van der Waals surface area (Å²) in [6.07, 6.45) is 4.88. The molecule has 0 aliphatic carbocycles. The van der Waals surface area contributed by atoms with E-state index in [1.807, 2.05) is 12.1 Å². The molecule has 29 heavy (non-hydrogen) atoms. The van der Waals surface area contributed by atoms with E-state index >= 15 is 0 Å². The molecule has 1 aromatic carbocycles. The second kappa shape index (κ2) is 8.08. The number of halogens is 1. The highest BCUT2D eigenvalue weighted by atomic mass is 19.1. The zero-order valence-electron chi connectivity index (χ0n) is 16.0. The van der Waals surface area contributed by atoms with Crippen LogP contribution in [-0.4, -0.2) is 47.6 Å². The lowest BCUT2D eigenvalue weighted by Gasteiger charge is -2.28. The molecule has 8 heteroatoms. The molecule has 1 aliphatic heterocycles. The van der Waals surface area contributed by atoms with Crippen LogP contribution >= 0.6 is 0 Å². The minimum absolute atomic E-state index is 0.0677. The summed E-state index contributed by atoms with van der Waals surface area (Å²) in [7, 11) is 1.60. The van der Waals surface area contributed by atoms with Crippen molar-refractivity contribution >= 4 is 17.2 Å². The summed E-state index contributed by atoms with van der Waals surface area (Å²) in [5.41, 5.74) is 2.33. The largest absolute Gasteiger partial charge is 0.491 e. The lowest BCUT2D eigenvalue weighted by atomic mass is 10.0. The lowest BCUT2D eigenvalue weighted by molar-refractivity contribution is 0.0699.